The van der Waals surface area contributed by atoms with Crippen LogP contribution in [0.4, 0.5) is 0 Å². The van der Waals surface area contributed by atoms with Crippen LogP contribution in [0.3, 0.4) is 0 Å². The van der Waals surface area contributed by atoms with Gasteiger partial charge in [-0.1, -0.05) is 88.6 Å². The molecule has 2 heteroatoms. The summed E-state index contributed by atoms with van der Waals surface area (Å²) in [4.78, 5) is 0. The van der Waals surface area contributed by atoms with E-state index in [4.69, 9.17) is 11.5 Å². The van der Waals surface area contributed by atoms with Gasteiger partial charge < -0.3 is 11.5 Å². The number of benzene rings is 1. The molecule has 0 saturated heterocycles. The first-order chi connectivity index (χ1) is 10.7. The minimum Gasteiger partial charge on any atom is -0.328 e. The number of nitrogens with two attached hydrogens (primary N) is 2. The van der Waals surface area contributed by atoms with Crippen LogP contribution in [-0.4, -0.2) is 6.04 Å². The van der Waals surface area contributed by atoms with Crippen molar-refractivity contribution in [2.75, 3.05) is 0 Å². The third-order valence-corrected chi connectivity index (χ3v) is 4.50. The standard InChI is InChI=1S/C20H36N2/c1-2-3-4-5-6-7-8-12-15-19(21)16-17-20(22)18-13-10-9-11-14-18/h9-11,13-14,19-20H,2-8,12,15-17,21-22H2,1H3. The van der Waals surface area contributed by atoms with Crippen molar-refractivity contribution in [3.63, 3.8) is 0 Å². The summed E-state index contributed by atoms with van der Waals surface area (Å²) in [7, 11) is 0. The highest BCUT2D eigenvalue weighted by atomic mass is 14.7. The van der Waals surface area contributed by atoms with E-state index in [1.807, 2.05) is 6.07 Å². The molecule has 2 atom stereocenters. The molecule has 126 valence electrons. The van der Waals surface area contributed by atoms with Crippen molar-refractivity contribution in [3.8, 4) is 0 Å². The van der Waals surface area contributed by atoms with Crippen LogP contribution >= 0.6 is 0 Å². The van der Waals surface area contributed by atoms with Crippen LogP contribution in [0.5, 0.6) is 0 Å². The molecule has 0 spiro atoms. The smallest absolute Gasteiger partial charge is 0.0295 e. The van der Waals surface area contributed by atoms with E-state index in [1.54, 1.807) is 0 Å². The molecule has 0 radical (unpaired) electrons. The zero-order valence-corrected chi connectivity index (χ0v) is 14.5. The van der Waals surface area contributed by atoms with Crippen LogP contribution in [0.2, 0.25) is 0 Å². The molecular formula is C20H36N2. The Morgan fingerprint density at radius 1 is 0.727 bits per heavy atom. The van der Waals surface area contributed by atoms with Gasteiger partial charge in [-0.3, -0.25) is 0 Å². The molecule has 0 saturated carbocycles. The zero-order valence-electron chi connectivity index (χ0n) is 14.5. The molecule has 0 amide bonds. The van der Waals surface area contributed by atoms with Crippen molar-refractivity contribution < 1.29 is 0 Å². The molecule has 1 aromatic carbocycles. The molecule has 2 unspecified atom stereocenters. The molecular weight excluding hydrogens is 268 g/mol. The monoisotopic (exact) mass is 304 g/mol. The molecule has 0 heterocycles. The highest BCUT2D eigenvalue weighted by molar-refractivity contribution is 5.18. The Labute approximate surface area is 137 Å². The van der Waals surface area contributed by atoms with Crippen LogP contribution in [0.1, 0.15) is 89.2 Å². The first-order valence-corrected chi connectivity index (χ1v) is 9.30. The van der Waals surface area contributed by atoms with Crippen molar-refractivity contribution >= 4 is 0 Å². The van der Waals surface area contributed by atoms with E-state index in [0.29, 0.717) is 6.04 Å². The molecule has 22 heavy (non-hydrogen) atoms. The van der Waals surface area contributed by atoms with E-state index in [9.17, 15) is 0 Å². The Balaban J connectivity index is 1.98. The summed E-state index contributed by atoms with van der Waals surface area (Å²) < 4.78 is 0. The Kier molecular flexibility index (Phi) is 11.0. The van der Waals surface area contributed by atoms with Crippen molar-refractivity contribution in [2.45, 2.75) is 89.6 Å². The largest absolute Gasteiger partial charge is 0.328 e. The maximum atomic E-state index is 6.22. The van der Waals surface area contributed by atoms with Crippen molar-refractivity contribution in [1.82, 2.24) is 0 Å². The van der Waals surface area contributed by atoms with Gasteiger partial charge >= 0.3 is 0 Å². The van der Waals surface area contributed by atoms with Crippen LogP contribution < -0.4 is 11.5 Å². The molecule has 0 aliphatic rings. The molecule has 2 nitrogen and oxygen atoms in total. The first-order valence-electron chi connectivity index (χ1n) is 9.30. The summed E-state index contributed by atoms with van der Waals surface area (Å²) in [6, 6.07) is 10.8. The lowest BCUT2D eigenvalue weighted by Crippen LogP contribution is -2.22. The van der Waals surface area contributed by atoms with Crippen LogP contribution in [0, 0.1) is 0 Å². The second kappa shape index (κ2) is 12.7. The van der Waals surface area contributed by atoms with Gasteiger partial charge in [0.2, 0.25) is 0 Å². The summed E-state index contributed by atoms with van der Waals surface area (Å²) in [6.45, 7) is 2.27. The Hall–Kier alpha value is -0.860. The zero-order chi connectivity index (χ0) is 16.0. The molecule has 1 aromatic rings. The van der Waals surface area contributed by atoms with Gasteiger partial charge in [-0.2, -0.15) is 0 Å². The SMILES string of the molecule is CCCCCCCCCCC(N)CCC(N)c1ccccc1. The van der Waals surface area contributed by atoms with E-state index < -0.39 is 0 Å². The van der Waals surface area contributed by atoms with Crippen molar-refractivity contribution in [1.29, 1.82) is 0 Å². The number of unbranched alkanes of at least 4 members (excludes halogenated alkanes) is 7. The molecule has 0 fully saturated rings. The Morgan fingerprint density at radius 2 is 1.32 bits per heavy atom. The second-order valence-electron chi connectivity index (χ2n) is 6.62. The van der Waals surface area contributed by atoms with Gasteiger partial charge in [0.05, 0.1) is 0 Å². The van der Waals surface area contributed by atoms with E-state index in [0.717, 1.165) is 19.3 Å². The number of hydrogen-bond acceptors (Lipinski definition) is 2. The van der Waals surface area contributed by atoms with Crippen LogP contribution in [0.15, 0.2) is 30.3 Å². The fourth-order valence-electron chi connectivity index (χ4n) is 2.95. The van der Waals surface area contributed by atoms with Crippen LogP contribution in [-0.2, 0) is 0 Å². The van der Waals surface area contributed by atoms with E-state index in [-0.39, 0.29) is 6.04 Å². The lowest BCUT2D eigenvalue weighted by atomic mass is 9.97. The molecule has 0 aliphatic heterocycles. The predicted octanol–water partition coefficient (Wildman–Crippen LogP) is 5.32. The van der Waals surface area contributed by atoms with E-state index in [1.165, 1.54) is 56.9 Å². The molecule has 4 N–H and O–H groups in total. The average Bonchev–Trinajstić information content (AvgIpc) is 2.56. The molecule has 0 aliphatic carbocycles. The van der Waals surface area contributed by atoms with Crippen molar-refractivity contribution in [2.24, 2.45) is 11.5 Å². The predicted molar refractivity (Wildman–Crippen MR) is 97.8 cm³/mol. The number of hydrogen-bond donors (Lipinski definition) is 2. The molecule has 0 aromatic heterocycles. The summed E-state index contributed by atoms with van der Waals surface area (Å²) in [5.74, 6) is 0. The van der Waals surface area contributed by atoms with Gasteiger partial charge in [0.25, 0.3) is 0 Å². The maximum Gasteiger partial charge on any atom is 0.0295 e. The van der Waals surface area contributed by atoms with Gasteiger partial charge in [-0.25, -0.2) is 0 Å². The normalized spacial score (nSPS) is 14.0. The quantitative estimate of drug-likeness (QED) is 0.484. The minimum atomic E-state index is 0.130. The topological polar surface area (TPSA) is 52.0 Å². The first kappa shape index (κ1) is 19.2. The Bertz CT molecular complexity index is 350. The van der Waals surface area contributed by atoms with Crippen LogP contribution in [0.25, 0.3) is 0 Å². The van der Waals surface area contributed by atoms with Gasteiger partial charge in [0.1, 0.15) is 0 Å². The van der Waals surface area contributed by atoms with Gasteiger partial charge in [-0.05, 0) is 24.8 Å². The average molecular weight is 305 g/mol. The van der Waals surface area contributed by atoms with Gasteiger partial charge in [0.15, 0.2) is 0 Å². The second-order valence-corrected chi connectivity index (χ2v) is 6.62. The van der Waals surface area contributed by atoms with E-state index in [2.05, 4.69) is 31.2 Å². The summed E-state index contributed by atoms with van der Waals surface area (Å²) in [5, 5.41) is 0. The van der Waals surface area contributed by atoms with E-state index >= 15 is 0 Å². The van der Waals surface area contributed by atoms with Gasteiger partial charge in [-0.15, -0.1) is 0 Å². The third kappa shape index (κ3) is 9.22. The minimum absolute atomic E-state index is 0.130. The highest BCUT2D eigenvalue weighted by Crippen LogP contribution is 2.18. The lowest BCUT2D eigenvalue weighted by molar-refractivity contribution is 0.476. The third-order valence-electron chi connectivity index (χ3n) is 4.50. The molecule has 1 rings (SSSR count). The Morgan fingerprint density at radius 3 is 1.95 bits per heavy atom. The lowest BCUT2D eigenvalue weighted by Gasteiger charge is -2.16. The summed E-state index contributed by atoms with van der Waals surface area (Å²) in [5.41, 5.74) is 13.7. The maximum absolute atomic E-state index is 6.22. The van der Waals surface area contributed by atoms with Crippen molar-refractivity contribution in [3.05, 3.63) is 35.9 Å². The van der Waals surface area contributed by atoms with Gasteiger partial charge in [0, 0.05) is 12.1 Å². The number of rotatable bonds is 13. The fraction of sp³-hybridized carbons (Fsp3) is 0.700. The molecule has 0 bridgehead atoms. The summed E-state index contributed by atoms with van der Waals surface area (Å²) in [6.07, 6.45) is 14.1. The highest BCUT2D eigenvalue weighted by Gasteiger charge is 2.08. The fourth-order valence-corrected chi connectivity index (χ4v) is 2.95. The summed E-state index contributed by atoms with van der Waals surface area (Å²) >= 11 is 0.